The molecule has 0 aliphatic heterocycles. The van der Waals surface area contributed by atoms with Crippen LogP contribution >= 0.6 is 15.9 Å². The fourth-order valence-electron chi connectivity index (χ4n) is 1.29. The van der Waals surface area contributed by atoms with E-state index < -0.39 is 11.0 Å². The number of nitro benzene ring substituents is 1. The molecule has 0 saturated carbocycles. The number of non-ortho nitro benzene ring substituents is 1. The lowest BCUT2D eigenvalue weighted by molar-refractivity contribution is -0.385. The van der Waals surface area contributed by atoms with Crippen LogP contribution in [0, 0.1) is 10.1 Å². The van der Waals surface area contributed by atoms with E-state index in [-0.39, 0.29) is 18.8 Å². The van der Waals surface area contributed by atoms with Gasteiger partial charge in [-0.05, 0) is 11.6 Å². The van der Waals surface area contributed by atoms with Crippen molar-refractivity contribution in [1.82, 2.24) is 5.32 Å². The van der Waals surface area contributed by atoms with Crippen molar-refractivity contribution in [2.24, 2.45) is 0 Å². The van der Waals surface area contributed by atoms with E-state index in [4.69, 9.17) is 10.2 Å². The Morgan fingerprint density at radius 2 is 2.18 bits per heavy atom. The maximum atomic E-state index is 10.6. The van der Waals surface area contributed by atoms with Crippen molar-refractivity contribution >= 4 is 21.6 Å². The number of nitrogens with zero attached hydrogens (tertiary/aromatic N) is 1. The molecule has 1 rings (SSSR count). The maximum Gasteiger partial charge on any atom is 0.270 e. The van der Waals surface area contributed by atoms with E-state index in [1.165, 1.54) is 12.1 Å². The molecule has 1 aromatic rings. The van der Waals surface area contributed by atoms with Crippen LogP contribution in [0.4, 0.5) is 5.69 Å². The monoisotopic (exact) mass is 304 g/mol. The molecule has 3 N–H and O–H groups in total. The smallest absolute Gasteiger partial charge is 0.270 e. The lowest BCUT2D eigenvalue weighted by atomic mass is 10.2. The first-order valence-corrected chi connectivity index (χ1v) is 5.75. The standard InChI is InChI=1S/C10H13BrN2O4/c11-8-1-7(2-9(3-8)13(16)17)4-12-5-10(15)6-14/h1-3,10,12,14-15H,4-6H2. The summed E-state index contributed by atoms with van der Waals surface area (Å²) in [4.78, 5) is 10.2. The summed E-state index contributed by atoms with van der Waals surface area (Å²) < 4.78 is 0.631. The average Bonchev–Trinajstić information content (AvgIpc) is 2.28. The van der Waals surface area contributed by atoms with Gasteiger partial charge < -0.3 is 15.5 Å². The zero-order chi connectivity index (χ0) is 12.8. The van der Waals surface area contributed by atoms with Crippen LogP contribution in [0.25, 0.3) is 0 Å². The van der Waals surface area contributed by atoms with E-state index in [0.717, 1.165) is 5.56 Å². The Kier molecular flexibility index (Phi) is 5.49. The van der Waals surface area contributed by atoms with Gasteiger partial charge in [0.1, 0.15) is 0 Å². The van der Waals surface area contributed by atoms with Crippen LogP contribution < -0.4 is 5.32 Å². The van der Waals surface area contributed by atoms with Crippen molar-refractivity contribution in [1.29, 1.82) is 0 Å². The molecule has 0 saturated heterocycles. The molecule has 6 nitrogen and oxygen atoms in total. The molecule has 94 valence electrons. The highest BCUT2D eigenvalue weighted by Crippen LogP contribution is 2.21. The Bertz CT molecular complexity index is 400. The van der Waals surface area contributed by atoms with Gasteiger partial charge in [-0.15, -0.1) is 0 Å². The summed E-state index contributed by atoms with van der Waals surface area (Å²) in [5, 5.41) is 31.2. The lowest BCUT2D eigenvalue weighted by Gasteiger charge is -2.09. The summed E-state index contributed by atoms with van der Waals surface area (Å²) in [6, 6.07) is 4.64. The number of nitro groups is 1. The van der Waals surface area contributed by atoms with Gasteiger partial charge in [0.25, 0.3) is 5.69 Å². The number of hydrogen-bond acceptors (Lipinski definition) is 5. The zero-order valence-corrected chi connectivity index (χ0v) is 10.6. The summed E-state index contributed by atoms with van der Waals surface area (Å²) >= 11 is 3.19. The topological polar surface area (TPSA) is 95.6 Å². The van der Waals surface area contributed by atoms with Crippen molar-refractivity contribution in [3.63, 3.8) is 0 Å². The minimum absolute atomic E-state index is 0.0129. The van der Waals surface area contributed by atoms with E-state index in [0.29, 0.717) is 11.0 Å². The van der Waals surface area contributed by atoms with Gasteiger partial charge in [0, 0.05) is 29.7 Å². The molecule has 0 aliphatic carbocycles. The molecule has 1 aromatic carbocycles. The van der Waals surface area contributed by atoms with E-state index in [9.17, 15) is 10.1 Å². The van der Waals surface area contributed by atoms with Gasteiger partial charge in [0.15, 0.2) is 0 Å². The number of hydrogen-bond donors (Lipinski definition) is 3. The maximum absolute atomic E-state index is 10.6. The number of halogens is 1. The van der Waals surface area contributed by atoms with Gasteiger partial charge in [-0.2, -0.15) is 0 Å². The highest BCUT2D eigenvalue weighted by atomic mass is 79.9. The van der Waals surface area contributed by atoms with Crippen LogP contribution in [-0.4, -0.2) is 34.4 Å². The Labute approximate surface area is 107 Å². The van der Waals surface area contributed by atoms with Crippen LogP contribution in [0.3, 0.4) is 0 Å². The second-order valence-electron chi connectivity index (χ2n) is 3.54. The number of rotatable bonds is 6. The molecule has 17 heavy (non-hydrogen) atoms. The molecule has 0 amide bonds. The molecule has 0 aromatic heterocycles. The molecular weight excluding hydrogens is 292 g/mol. The quantitative estimate of drug-likeness (QED) is 0.534. The molecule has 0 heterocycles. The first-order valence-electron chi connectivity index (χ1n) is 4.96. The normalized spacial score (nSPS) is 12.4. The molecule has 0 spiro atoms. The van der Waals surface area contributed by atoms with Gasteiger partial charge in [-0.1, -0.05) is 15.9 Å². The van der Waals surface area contributed by atoms with Crippen LogP contribution in [0.5, 0.6) is 0 Å². The Hall–Kier alpha value is -1.02. The van der Waals surface area contributed by atoms with Crippen molar-refractivity contribution in [2.45, 2.75) is 12.6 Å². The van der Waals surface area contributed by atoms with Crippen molar-refractivity contribution in [2.75, 3.05) is 13.2 Å². The molecule has 0 fully saturated rings. The van der Waals surface area contributed by atoms with Crippen molar-refractivity contribution < 1.29 is 15.1 Å². The summed E-state index contributed by atoms with van der Waals surface area (Å²) in [6.45, 7) is 0.305. The minimum atomic E-state index is -0.822. The van der Waals surface area contributed by atoms with E-state index >= 15 is 0 Å². The fraction of sp³-hybridized carbons (Fsp3) is 0.400. The molecule has 7 heteroatoms. The van der Waals surface area contributed by atoms with E-state index in [1.807, 2.05) is 0 Å². The zero-order valence-electron chi connectivity index (χ0n) is 8.97. The Morgan fingerprint density at radius 1 is 1.47 bits per heavy atom. The van der Waals surface area contributed by atoms with Crippen LogP contribution in [-0.2, 0) is 6.54 Å². The minimum Gasteiger partial charge on any atom is -0.394 e. The number of aliphatic hydroxyl groups excluding tert-OH is 2. The Balaban J connectivity index is 2.62. The second-order valence-corrected chi connectivity index (χ2v) is 4.46. The third-order valence-electron chi connectivity index (χ3n) is 2.07. The predicted molar refractivity (Wildman–Crippen MR) is 65.6 cm³/mol. The number of aliphatic hydroxyl groups is 2. The number of nitrogens with one attached hydrogen (secondary N) is 1. The molecular formula is C10H13BrN2O4. The van der Waals surface area contributed by atoms with Gasteiger partial charge >= 0.3 is 0 Å². The molecule has 1 unspecified atom stereocenters. The van der Waals surface area contributed by atoms with Crippen LogP contribution in [0.1, 0.15) is 5.56 Å². The summed E-state index contributed by atoms with van der Waals surface area (Å²) in [7, 11) is 0. The summed E-state index contributed by atoms with van der Waals surface area (Å²) in [5.74, 6) is 0. The second kappa shape index (κ2) is 6.65. The highest BCUT2D eigenvalue weighted by molar-refractivity contribution is 9.10. The molecule has 0 aliphatic rings. The fourth-order valence-corrected chi connectivity index (χ4v) is 1.82. The average molecular weight is 305 g/mol. The SMILES string of the molecule is O=[N+]([O-])c1cc(Br)cc(CNCC(O)CO)c1. The largest absolute Gasteiger partial charge is 0.394 e. The molecule has 1 atom stereocenters. The first-order chi connectivity index (χ1) is 8.02. The van der Waals surface area contributed by atoms with Gasteiger partial charge in [-0.25, -0.2) is 0 Å². The summed E-state index contributed by atoms with van der Waals surface area (Å²) in [5.41, 5.74) is 0.745. The molecule has 0 bridgehead atoms. The predicted octanol–water partition coefficient (Wildman–Crippen LogP) is 0.800. The Morgan fingerprint density at radius 3 is 2.76 bits per heavy atom. The van der Waals surface area contributed by atoms with Gasteiger partial charge in [0.05, 0.1) is 17.6 Å². The summed E-state index contributed by atoms with van der Waals surface area (Å²) in [6.07, 6.45) is -0.822. The van der Waals surface area contributed by atoms with Gasteiger partial charge in [-0.3, -0.25) is 10.1 Å². The van der Waals surface area contributed by atoms with E-state index in [2.05, 4.69) is 21.2 Å². The van der Waals surface area contributed by atoms with Gasteiger partial charge in [0.2, 0.25) is 0 Å². The first kappa shape index (κ1) is 14.0. The lowest BCUT2D eigenvalue weighted by Crippen LogP contribution is -2.28. The van der Waals surface area contributed by atoms with Crippen molar-refractivity contribution in [3.05, 3.63) is 38.3 Å². The third kappa shape index (κ3) is 4.78. The van der Waals surface area contributed by atoms with Crippen LogP contribution in [0.2, 0.25) is 0 Å². The number of benzene rings is 1. The van der Waals surface area contributed by atoms with E-state index in [1.54, 1.807) is 6.07 Å². The highest BCUT2D eigenvalue weighted by Gasteiger charge is 2.09. The van der Waals surface area contributed by atoms with Crippen molar-refractivity contribution in [3.8, 4) is 0 Å². The van der Waals surface area contributed by atoms with Crippen LogP contribution in [0.15, 0.2) is 22.7 Å². The third-order valence-corrected chi connectivity index (χ3v) is 2.53. The molecule has 0 radical (unpaired) electrons.